The third-order valence-electron chi connectivity index (χ3n) is 5.28. The van der Waals surface area contributed by atoms with Crippen molar-refractivity contribution in [3.8, 4) is 11.5 Å². The van der Waals surface area contributed by atoms with Crippen LogP contribution in [0.25, 0.3) is 0 Å². The van der Waals surface area contributed by atoms with Gasteiger partial charge in [0.2, 0.25) is 0 Å². The van der Waals surface area contributed by atoms with Crippen LogP contribution < -0.4 is 9.47 Å². The number of carbonyl (C=O) groups is 2. The molecule has 1 aliphatic heterocycles. The van der Waals surface area contributed by atoms with Crippen LogP contribution in [0.5, 0.6) is 11.5 Å². The maximum Gasteiger partial charge on any atom is 0.336 e. The second-order valence-electron chi connectivity index (χ2n) is 7.45. The van der Waals surface area contributed by atoms with Gasteiger partial charge >= 0.3 is 11.9 Å². The summed E-state index contributed by atoms with van der Waals surface area (Å²) in [4.78, 5) is 28.0. The molecule has 0 N–H and O–H groups in total. The predicted octanol–water partition coefficient (Wildman–Crippen LogP) is 4.85. The molecule has 34 heavy (non-hydrogen) atoms. The minimum absolute atomic E-state index is 0.193. The molecule has 0 aromatic heterocycles. The molecule has 0 atom stereocenters. The van der Waals surface area contributed by atoms with E-state index < -0.39 is 17.9 Å². The first-order chi connectivity index (χ1) is 16.4. The predicted molar refractivity (Wildman–Crippen MR) is 129 cm³/mol. The van der Waals surface area contributed by atoms with Gasteiger partial charge in [0.25, 0.3) is 0 Å². The van der Waals surface area contributed by atoms with Gasteiger partial charge in [-0.25, -0.2) is 9.59 Å². The highest BCUT2D eigenvalue weighted by Gasteiger charge is 2.37. The Morgan fingerprint density at radius 3 is 1.97 bits per heavy atom. The third kappa shape index (κ3) is 5.72. The molecular formula is C26H28ClNO6. The molecular weight excluding hydrogens is 458 g/mol. The number of hydrogen-bond acceptors (Lipinski definition) is 7. The van der Waals surface area contributed by atoms with Crippen LogP contribution >= 0.6 is 11.6 Å². The van der Waals surface area contributed by atoms with Gasteiger partial charge in [0.1, 0.15) is 11.5 Å². The molecule has 0 radical (unpaired) electrons. The van der Waals surface area contributed by atoms with Gasteiger partial charge in [-0.15, -0.1) is 0 Å². The molecule has 0 saturated carbocycles. The van der Waals surface area contributed by atoms with Crippen LogP contribution in [0.4, 0.5) is 0 Å². The molecule has 180 valence electrons. The second kappa shape index (κ2) is 11.6. The van der Waals surface area contributed by atoms with Crippen LogP contribution in [-0.4, -0.2) is 44.3 Å². The molecule has 0 bridgehead atoms. The largest absolute Gasteiger partial charge is 0.497 e. The molecule has 0 aliphatic carbocycles. The number of benzene rings is 2. The van der Waals surface area contributed by atoms with Crippen LogP contribution in [-0.2, 0) is 25.6 Å². The fraction of sp³-hybridized carbons (Fsp3) is 0.308. The Labute approximate surface area is 204 Å². The van der Waals surface area contributed by atoms with E-state index in [9.17, 15) is 9.59 Å². The SMILES string of the molecule is CCOC(=O)C1=CN(Cc2ccc(Cl)cc2)C=C(C(=O)OCC)C1c1ccc(OC)cc1OC. The van der Waals surface area contributed by atoms with E-state index in [0.717, 1.165) is 5.56 Å². The molecule has 0 saturated heterocycles. The van der Waals surface area contributed by atoms with Gasteiger partial charge in [0.15, 0.2) is 0 Å². The highest BCUT2D eigenvalue weighted by molar-refractivity contribution is 6.30. The van der Waals surface area contributed by atoms with Crippen LogP contribution in [0.15, 0.2) is 66.0 Å². The van der Waals surface area contributed by atoms with E-state index in [1.165, 1.54) is 7.11 Å². The Bertz CT molecular complexity index is 1060. The van der Waals surface area contributed by atoms with E-state index in [4.69, 9.17) is 30.5 Å². The van der Waals surface area contributed by atoms with Crippen molar-refractivity contribution in [3.63, 3.8) is 0 Å². The molecule has 0 amide bonds. The zero-order valence-electron chi connectivity index (χ0n) is 19.7. The molecule has 0 fully saturated rings. The lowest BCUT2D eigenvalue weighted by molar-refractivity contribution is -0.139. The number of carbonyl (C=O) groups excluding carboxylic acids is 2. The highest BCUT2D eigenvalue weighted by Crippen LogP contribution is 2.42. The van der Waals surface area contributed by atoms with E-state index in [0.29, 0.717) is 39.8 Å². The molecule has 8 heteroatoms. The van der Waals surface area contributed by atoms with Crippen molar-refractivity contribution in [1.29, 1.82) is 0 Å². The zero-order valence-corrected chi connectivity index (χ0v) is 20.4. The smallest absolute Gasteiger partial charge is 0.336 e. The van der Waals surface area contributed by atoms with Gasteiger partial charge < -0.3 is 23.8 Å². The summed E-state index contributed by atoms with van der Waals surface area (Å²) in [5.41, 5.74) is 2.16. The molecule has 3 rings (SSSR count). The molecule has 2 aromatic rings. The standard InChI is InChI=1S/C26H28ClNO6/c1-5-33-25(29)21-15-28(14-17-7-9-18(27)10-8-17)16-22(26(30)34-6-2)24(21)20-12-11-19(31-3)13-23(20)32-4/h7-13,15-16,24H,5-6,14H2,1-4H3. The summed E-state index contributed by atoms with van der Waals surface area (Å²) in [5, 5.41) is 0.625. The van der Waals surface area contributed by atoms with E-state index in [1.807, 2.05) is 12.1 Å². The minimum atomic E-state index is -0.750. The fourth-order valence-electron chi connectivity index (χ4n) is 3.77. The van der Waals surface area contributed by atoms with Crippen molar-refractivity contribution in [2.45, 2.75) is 26.3 Å². The number of halogens is 1. The summed E-state index contributed by atoms with van der Waals surface area (Å²) in [6.07, 6.45) is 3.40. The Morgan fingerprint density at radius 1 is 0.882 bits per heavy atom. The Kier molecular flexibility index (Phi) is 8.60. The molecule has 2 aromatic carbocycles. The summed E-state index contributed by atoms with van der Waals surface area (Å²) in [7, 11) is 3.08. The summed E-state index contributed by atoms with van der Waals surface area (Å²) in [6, 6.07) is 12.6. The molecule has 1 aliphatic rings. The van der Waals surface area contributed by atoms with E-state index in [1.54, 1.807) is 68.6 Å². The fourth-order valence-corrected chi connectivity index (χ4v) is 3.89. The zero-order chi connectivity index (χ0) is 24.7. The average molecular weight is 486 g/mol. The topological polar surface area (TPSA) is 74.3 Å². The second-order valence-corrected chi connectivity index (χ2v) is 7.89. The summed E-state index contributed by atoms with van der Waals surface area (Å²) < 4.78 is 21.6. The number of hydrogen-bond donors (Lipinski definition) is 0. The van der Waals surface area contributed by atoms with Crippen molar-refractivity contribution in [2.75, 3.05) is 27.4 Å². The third-order valence-corrected chi connectivity index (χ3v) is 5.54. The van der Waals surface area contributed by atoms with Crippen molar-refractivity contribution >= 4 is 23.5 Å². The van der Waals surface area contributed by atoms with Gasteiger partial charge in [0.05, 0.1) is 44.5 Å². The number of esters is 2. The monoisotopic (exact) mass is 485 g/mol. The number of methoxy groups -OCH3 is 2. The molecule has 1 heterocycles. The quantitative estimate of drug-likeness (QED) is 0.470. The minimum Gasteiger partial charge on any atom is -0.497 e. The summed E-state index contributed by atoms with van der Waals surface area (Å²) in [5.74, 6) is -0.742. The first-order valence-electron chi connectivity index (χ1n) is 10.9. The lowest BCUT2D eigenvalue weighted by atomic mass is 9.82. The van der Waals surface area contributed by atoms with Gasteiger partial charge in [-0.2, -0.15) is 0 Å². The van der Waals surface area contributed by atoms with E-state index >= 15 is 0 Å². The Morgan fingerprint density at radius 2 is 1.47 bits per heavy atom. The van der Waals surface area contributed by atoms with Crippen LogP contribution in [0.3, 0.4) is 0 Å². The van der Waals surface area contributed by atoms with Crippen LogP contribution in [0, 0.1) is 0 Å². The lowest BCUT2D eigenvalue weighted by Crippen LogP contribution is -2.29. The number of nitrogens with zero attached hydrogens (tertiary/aromatic N) is 1. The summed E-state index contributed by atoms with van der Waals surface area (Å²) >= 11 is 6.01. The Hall–Kier alpha value is -3.45. The Balaban J connectivity index is 2.14. The van der Waals surface area contributed by atoms with Gasteiger partial charge in [-0.1, -0.05) is 29.8 Å². The number of ether oxygens (including phenoxy) is 4. The first-order valence-corrected chi connectivity index (χ1v) is 11.3. The van der Waals surface area contributed by atoms with Crippen LogP contribution in [0.2, 0.25) is 5.02 Å². The van der Waals surface area contributed by atoms with E-state index in [2.05, 4.69) is 0 Å². The lowest BCUT2D eigenvalue weighted by Gasteiger charge is -2.31. The van der Waals surface area contributed by atoms with Crippen LogP contribution in [0.1, 0.15) is 30.9 Å². The maximum absolute atomic E-state index is 13.1. The maximum atomic E-state index is 13.1. The average Bonchev–Trinajstić information content (AvgIpc) is 2.85. The van der Waals surface area contributed by atoms with E-state index in [-0.39, 0.29) is 13.2 Å². The van der Waals surface area contributed by atoms with Crippen molar-refractivity contribution in [3.05, 3.63) is 82.2 Å². The van der Waals surface area contributed by atoms with Gasteiger partial charge in [-0.05, 0) is 37.6 Å². The molecule has 0 spiro atoms. The van der Waals surface area contributed by atoms with Gasteiger partial charge in [0, 0.05) is 35.6 Å². The highest BCUT2D eigenvalue weighted by atomic mass is 35.5. The van der Waals surface area contributed by atoms with Crippen molar-refractivity contribution in [2.24, 2.45) is 0 Å². The van der Waals surface area contributed by atoms with Crippen molar-refractivity contribution in [1.82, 2.24) is 4.90 Å². The first kappa shape index (κ1) is 25.2. The summed E-state index contributed by atoms with van der Waals surface area (Å²) in [6.45, 7) is 4.27. The number of rotatable bonds is 9. The molecule has 7 nitrogen and oxygen atoms in total. The normalized spacial score (nSPS) is 13.6. The molecule has 0 unspecified atom stereocenters. The van der Waals surface area contributed by atoms with Gasteiger partial charge in [-0.3, -0.25) is 0 Å². The van der Waals surface area contributed by atoms with Crippen molar-refractivity contribution < 1.29 is 28.5 Å².